The van der Waals surface area contributed by atoms with Crippen molar-refractivity contribution in [1.29, 1.82) is 0 Å². The number of fused-ring (bicyclic) bond motifs is 1. The van der Waals surface area contributed by atoms with Gasteiger partial charge in [-0.1, -0.05) is 6.07 Å². The monoisotopic (exact) mass is 432 g/mol. The lowest BCUT2D eigenvalue weighted by atomic mass is 10.1. The smallest absolute Gasteiger partial charge is 0.224 e. The zero-order chi connectivity index (χ0) is 22.1. The van der Waals surface area contributed by atoms with E-state index in [0.29, 0.717) is 35.7 Å². The van der Waals surface area contributed by atoms with E-state index in [1.54, 1.807) is 18.2 Å². The molecule has 2 aromatic heterocycles. The summed E-state index contributed by atoms with van der Waals surface area (Å²) in [6, 6.07) is 5.11. The topological polar surface area (TPSA) is 181 Å². The first-order valence-corrected chi connectivity index (χ1v) is 9.65. The van der Waals surface area contributed by atoms with E-state index in [0.717, 1.165) is 5.56 Å². The van der Waals surface area contributed by atoms with Crippen LogP contribution in [0.2, 0.25) is 0 Å². The number of phenols is 1. The Labute approximate surface area is 176 Å². The highest BCUT2D eigenvalue weighted by atomic mass is 16.6. The van der Waals surface area contributed by atoms with Crippen LogP contribution in [0.5, 0.6) is 11.5 Å². The highest BCUT2D eigenvalue weighted by Gasteiger charge is 2.44. The third kappa shape index (κ3) is 3.93. The first-order chi connectivity index (χ1) is 14.9. The fourth-order valence-corrected chi connectivity index (χ4v) is 3.56. The predicted octanol–water partition coefficient (Wildman–Crippen LogP) is -0.611. The molecular formula is C19H24N6O6. The molecule has 1 aliphatic rings. The largest absolute Gasteiger partial charge is 0.504 e. The molecule has 0 radical (unpaired) electrons. The van der Waals surface area contributed by atoms with E-state index in [4.69, 9.17) is 15.2 Å². The van der Waals surface area contributed by atoms with E-state index in [9.17, 15) is 20.4 Å². The number of ether oxygens (including phenoxy) is 2. The van der Waals surface area contributed by atoms with Crippen molar-refractivity contribution in [3.63, 3.8) is 0 Å². The zero-order valence-corrected chi connectivity index (χ0v) is 16.7. The molecule has 1 aliphatic heterocycles. The number of nitrogens with two attached hydrogens (primary N) is 1. The summed E-state index contributed by atoms with van der Waals surface area (Å²) < 4.78 is 12.1. The Morgan fingerprint density at radius 3 is 2.77 bits per heavy atom. The highest BCUT2D eigenvalue weighted by Crippen LogP contribution is 2.32. The Kier molecular flexibility index (Phi) is 5.78. The molecule has 1 saturated heterocycles. The third-order valence-corrected chi connectivity index (χ3v) is 5.18. The van der Waals surface area contributed by atoms with Crippen LogP contribution in [0.25, 0.3) is 11.2 Å². The number of aromatic nitrogens is 4. The van der Waals surface area contributed by atoms with Crippen molar-refractivity contribution < 1.29 is 29.9 Å². The maximum Gasteiger partial charge on any atom is 0.224 e. The van der Waals surface area contributed by atoms with Crippen LogP contribution < -0.4 is 15.8 Å². The minimum absolute atomic E-state index is 0.00482. The lowest BCUT2D eigenvalue weighted by Gasteiger charge is -2.16. The summed E-state index contributed by atoms with van der Waals surface area (Å²) in [6.07, 6.45) is -2.40. The number of phenolic OH excluding ortho intramolecular Hbond substituents is 1. The number of hydrogen-bond acceptors (Lipinski definition) is 11. The van der Waals surface area contributed by atoms with E-state index in [1.165, 1.54) is 18.0 Å². The van der Waals surface area contributed by atoms with Crippen molar-refractivity contribution in [2.24, 2.45) is 0 Å². The van der Waals surface area contributed by atoms with Crippen LogP contribution in [0.3, 0.4) is 0 Å². The van der Waals surface area contributed by atoms with Crippen molar-refractivity contribution in [1.82, 2.24) is 19.5 Å². The zero-order valence-electron chi connectivity index (χ0n) is 16.7. The average molecular weight is 432 g/mol. The van der Waals surface area contributed by atoms with Crippen molar-refractivity contribution in [3.05, 3.63) is 30.1 Å². The average Bonchev–Trinajstić information content (AvgIpc) is 3.30. The van der Waals surface area contributed by atoms with Crippen LogP contribution in [0.4, 0.5) is 11.8 Å². The Morgan fingerprint density at radius 2 is 2.06 bits per heavy atom. The number of nitrogen functional groups attached to an aromatic ring is 1. The molecule has 166 valence electrons. The molecule has 0 saturated carbocycles. The summed E-state index contributed by atoms with van der Waals surface area (Å²) in [5, 5.41) is 42.5. The second kappa shape index (κ2) is 8.51. The summed E-state index contributed by atoms with van der Waals surface area (Å²) in [5.41, 5.74) is 7.53. The molecule has 0 bridgehead atoms. The molecule has 1 aromatic carbocycles. The SMILES string of the molecule is COc1cc(CCNc2nc(N)nc3c2ncn3C2O[C@H](CO)[C@@H](O)[C@H]2O)ccc1O. The fraction of sp³-hybridized carbons (Fsp3) is 0.421. The lowest BCUT2D eigenvalue weighted by Crippen LogP contribution is -2.33. The first-order valence-electron chi connectivity index (χ1n) is 9.65. The second-order valence-corrected chi connectivity index (χ2v) is 7.17. The highest BCUT2D eigenvalue weighted by molar-refractivity contribution is 5.84. The van der Waals surface area contributed by atoms with Gasteiger partial charge in [-0.25, -0.2) is 4.98 Å². The minimum Gasteiger partial charge on any atom is -0.504 e. The number of rotatable bonds is 7. The number of hydrogen-bond donors (Lipinski definition) is 6. The van der Waals surface area contributed by atoms with E-state index in [2.05, 4.69) is 20.3 Å². The van der Waals surface area contributed by atoms with Gasteiger partial charge in [0.05, 0.1) is 20.0 Å². The number of benzene rings is 1. The number of anilines is 2. The van der Waals surface area contributed by atoms with Crippen LogP contribution >= 0.6 is 0 Å². The Balaban J connectivity index is 1.54. The van der Waals surface area contributed by atoms with Crippen LogP contribution in [0, 0.1) is 0 Å². The fourth-order valence-electron chi connectivity index (χ4n) is 3.56. The molecule has 7 N–H and O–H groups in total. The molecule has 3 aromatic rings. The van der Waals surface area contributed by atoms with Gasteiger partial charge in [-0.15, -0.1) is 0 Å². The Morgan fingerprint density at radius 1 is 1.26 bits per heavy atom. The molecule has 12 nitrogen and oxygen atoms in total. The summed E-state index contributed by atoms with van der Waals surface area (Å²) in [7, 11) is 1.49. The molecule has 0 spiro atoms. The maximum atomic E-state index is 10.3. The molecule has 31 heavy (non-hydrogen) atoms. The summed E-state index contributed by atoms with van der Waals surface area (Å²) in [4.78, 5) is 12.7. The van der Waals surface area contributed by atoms with Gasteiger partial charge >= 0.3 is 0 Å². The van der Waals surface area contributed by atoms with Gasteiger partial charge in [-0.3, -0.25) is 4.57 Å². The molecule has 1 unspecified atom stereocenters. The molecule has 4 rings (SSSR count). The number of aromatic hydroxyl groups is 1. The number of methoxy groups -OCH3 is 1. The van der Waals surface area contributed by atoms with Crippen LogP contribution in [-0.2, 0) is 11.2 Å². The number of nitrogens with one attached hydrogen (secondary N) is 1. The standard InChI is InChI=1S/C19H24N6O6/c1-30-11-6-9(2-3-10(11)27)4-5-21-16-13-17(24-19(20)23-16)25(8-22-13)18-15(29)14(28)12(7-26)31-18/h2-3,6,8,12,14-15,18,26-29H,4-5,7H2,1H3,(H3,20,21,23,24)/t12-,14-,15-,18?/m1/s1. The molecule has 0 amide bonds. The second-order valence-electron chi connectivity index (χ2n) is 7.17. The van der Waals surface area contributed by atoms with Crippen LogP contribution in [0.1, 0.15) is 11.8 Å². The van der Waals surface area contributed by atoms with Gasteiger partial charge in [0.1, 0.15) is 18.3 Å². The number of aliphatic hydroxyl groups excluding tert-OH is 3. The number of nitrogens with zero attached hydrogens (tertiary/aromatic N) is 4. The number of aliphatic hydroxyl groups is 3. The van der Waals surface area contributed by atoms with Gasteiger partial charge in [0.25, 0.3) is 0 Å². The van der Waals surface area contributed by atoms with Crippen molar-refractivity contribution >= 4 is 22.9 Å². The molecule has 4 atom stereocenters. The van der Waals surface area contributed by atoms with E-state index in [-0.39, 0.29) is 11.7 Å². The molecule has 12 heteroatoms. The minimum atomic E-state index is -1.27. The van der Waals surface area contributed by atoms with Crippen molar-refractivity contribution in [3.8, 4) is 11.5 Å². The van der Waals surface area contributed by atoms with Gasteiger partial charge in [0.2, 0.25) is 5.95 Å². The van der Waals surface area contributed by atoms with Gasteiger partial charge in [0.15, 0.2) is 34.7 Å². The quantitative estimate of drug-likeness (QED) is 0.280. The Bertz CT molecular complexity index is 1080. The van der Waals surface area contributed by atoms with Gasteiger partial charge in [-0.2, -0.15) is 9.97 Å². The summed E-state index contributed by atoms with van der Waals surface area (Å²) in [5.74, 6) is 0.858. The maximum absolute atomic E-state index is 10.3. The first kappa shape index (κ1) is 21.1. The van der Waals surface area contributed by atoms with Crippen LogP contribution in [-0.4, -0.2) is 78.5 Å². The third-order valence-electron chi connectivity index (χ3n) is 5.18. The van der Waals surface area contributed by atoms with E-state index >= 15 is 0 Å². The van der Waals surface area contributed by atoms with Gasteiger partial charge < -0.3 is 41.0 Å². The summed E-state index contributed by atoms with van der Waals surface area (Å²) in [6.45, 7) is 0.0491. The van der Waals surface area contributed by atoms with Crippen molar-refractivity contribution in [2.75, 3.05) is 31.3 Å². The molecule has 0 aliphatic carbocycles. The normalized spacial score (nSPS) is 23.4. The summed E-state index contributed by atoms with van der Waals surface area (Å²) >= 11 is 0. The Hall–Kier alpha value is -3.19. The van der Waals surface area contributed by atoms with Crippen LogP contribution in [0.15, 0.2) is 24.5 Å². The van der Waals surface area contributed by atoms with Crippen molar-refractivity contribution in [2.45, 2.75) is 31.0 Å². The predicted molar refractivity (Wildman–Crippen MR) is 110 cm³/mol. The van der Waals surface area contributed by atoms with E-state index < -0.39 is 31.1 Å². The molecule has 1 fully saturated rings. The van der Waals surface area contributed by atoms with Gasteiger partial charge in [-0.05, 0) is 24.1 Å². The van der Waals surface area contributed by atoms with Gasteiger partial charge in [0, 0.05) is 6.54 Å². The molecular weight excluding hydrogens is 408 g/mol. The van der Waals surface area contributed by atoms with E-state index in [1.807, 2.05) is 0 Å². The molecule has 3 heterocycles. The lowest BCUT2D eigenvalue weighted by molar-refractivity contribution is -0.0511. The number of imidazole rings is 1.